The summed E-state index contributed by atoms with van der Waals surface area (Å²) in [4.78, 5) is 37.1. The minimum absolute atomic E-state index is 0.0413. The molecule has 32 heavy (non-hydrogen) atoms. The zero-order chi connectivity index (χ0) is 23.0. The minimum atomic E-state index is -1.18. The maximum Gasteiger partial charge on any atom is 0.349 e. The van der Waals surface area contributed by atoms with E-state index >= 15 is 0 Å². The molecule has 0 aliphatic rings. The number of ether oxygens (including phenoxy) is 1. The van der Waals surface area contributed by atoms with E-state index in [1.54, 1.807) is 26.0 Å². The third-order valence-electron chi connectivity index (χ3n) is 5.19. The highest BCUT2D eigenvalue weighted by Gasteiger charge is 2.28. The average Bonchev–Trinajstić information content (AvgIpc) is 3.25. The smallest absolute Gasteiger partial charge is 0.349 e. The molecule has 2 aromatic carbocycles. The summed E-state index contributed by atoms with van der Waals surface area (Å²) < 4.78 is 32.8. The van der Waals surface area contributed by atoms with Gasteiger partial charge in [-0.1, -0.05) is 18.2 Å². The molecule has 2 heterocycles. The number of rotatable bonds is 5. The molecule has 10 heteroatoms. The molecular weight excluding hydrogens is 422 g/mol. The number of nitrogens with one attached hydrogen (secondary N) is 4. The summed E-state index contributed by atoms with van der Waals surface area (Å²) in [7, 11) is 0. The Morgan fingerprint density at radius 1 is 0.812 bits per heavy atom. The van der Waals surface area contributed by atoms with Crippen molar-refractivity contribution in [3.8, 4) is 5.75 Å². The summed E-state index contributed by atoms with van der Waals surface area (Å²) in [6.07, 6.45) is 0. The Labute approximate surface area is 179 Å². The maximum absolute atomic E-state index is 13.8. The van der Waals surface area contributed by atoms with Crippen LogP contribution in [0.15, 0.2) is 52.1 Å². The number of halogens is 2. The fourth-order valence-electron chi connectivity index (χ4n) is 3.66. The lowest BCUT2D eigenvalue weighted by Crippen LogP contribution is -2.20. The molecule has 2 aromatic heterocycles. The number of aromatic nitrogens is 4. The molecule has 0 atom stereocenters. The summed E-state index contributed by atoms with van der Waals surface area (Å²) in [5.41, 5.74) is 0.863. The topological polar surface area (TPSA) is 124 Å². The lowest BCUT2D eigenvalue weighted by molar-refractivity contribution is 0.0724. The molecule has 0 aliphatic heterocycles. The lowest BCUT2D eigenvalue weighted by Gasteiger charge is -2.16. The molecule has 0 radical (unpaired) electrons. The van der Waals surface area contributed by atoms with Gasteiger partial charge in [-0.2, -0.15) is 0 Å². The normalized spacial score (nSPS) is 11.2. The monoisotopic (exact) mass is 440 g/mol. The van der Waals surface area contributed by atoms with Crippen LogP contribution in [0.2, 0.25) is 0 Å². The van der Waals surface area contributed by atoms with Crippen molar-refractivity contribution in [2.75, 3.05) is 0 Å². The molecule has 0 aliphatic carbocycles. The van der Waals surface area contributed by atoms with Crippen molar-refractivity contribution in [3.05, 3.63) is 108 Å². The van der Waals surface area contributed by atoms with E-state index in [4.69, 9.17) is 4.74 Å². The number of H-pyrrole nitrogens is 4. The number of carbonyl (C=O) groups is 1. The standard InChI is InChI=1S/C22H18F2N4O4/c1-10-16(20(29)27-25-10)18(17-11(2)26-28-21(17)30)12-6-8-13(9-7-12)32-22(31)19-14(23)4-3-5-15(19)24/h3-9,18H,1-2H3,(H2,25,27,29)(H2,26,28,30). The number of esters is 1. The van der Waals surface area contributed by atoms with Gasteiger partial charge in [0, 0.05) is 17.3 Å². The average molecular weight is 440 g/mol. The van der Waals surface area contributed by atoms with Gasteiger partial charge in [0.05, 0.1) is 11.1 Å². The highest BCUT2D eigenvalue weighted by atomic mass is 19.1. The predicted molar refractivity (Wildman–Crippen MR) is 111 cm³/mol. The second-order valence-corrected chi connectivity index (χ2v) is 7.22. The van der Waals surface area contributed by atoms with Gasteiger partial charge >= 0.3 is 5.97 Å². The van der Waals surface area contributed by atoms with Gasteiger partial charge < -0.3 is 14.9 Å². The van der Waals surface area contributed by atoms with Gasteiger partial charge in [-0.15, -0.1) is 0 Å². The van der Waals surface area contributed by atoms with Gasteiger partial charge in [0.15, 0.2) is 0 Å². The molecule has 164 valence electrons. The number of aryl methyl sites for hydroxylation is 2. The van der Waals surface area contributed by atoms with Crippen molar-refractivity contribution in [1.29, 1.82) is 0 Å². The molecule has 0 amide bonds. The van der Waals surface area contributed by atoms with Crippen LogP contribution in [-0.2, 0) is 0 Å². The number of hydrogen-bond donors (Lipinski definition) is 4. The van der Waals surface area contributed by atoms with E-state index in [2.05, 4.69) is 20.4 Å². The van der Waals surface area contributed by atoms with Crippen molar-refractivity contribution >= 4 is 5.97 Å². The molecule has 0 saturated heterocycles. The van der Waals surface area contributed by atoms with Gasteiger partial charge in [-0.25, -0.2) is 13.6 Å². The van der Waals surface area contributed by atoms with Crippen LogP contribution in [0.5, 0.6) is 5.75 Å². The quantitative estimate of drug-likeness (QED) is 0.281. The summed E-state index contributed by atoms with van der Waals surface area (Å²) in [6.45, 7) is 3.41. The van der Waals surface area contributed by atoms with Crippen LogP contribution in [0.4, 0.5) is 8.78 Å². The number of aromatic amines is 4. The summed E-state index contributed by atoms with van der Waals surface area (Å²) in [5, 5.41) is 10.5. The molecule has 0 spiro atoms. The maximum atomic E-state index is 13.8. The van der Waals surface area contributed by atoms with Crippen molar-refractivity contribution in [2.45, 2.75) is 19.8 Å². The van der Waals surface area contributed by atoms with Crippen LogP contribution in [0, 0.1) is 25.5 Å². The molecule has 4 N–H and O–H groups in total. The van der Waals surface area contributed by atoms with Crippen LogP contribution in [0.25, 0.3) is 0 Å². The molecule has 0 unspecified atom stereocenters. The largest absolute Gasteiger partial charge is 0.423 e. The van der Waals surface area contributed by atoms with E-state index in [1.165, 1.54) is 12.1 Å². The van der Waals surface area contributed by atoms with Crippen molar-refractivity contribution in [3.63, 3.8) is 0 Å². The molecule has 4 aromatic rings. The highest BCUT2D eigenvalue weighted by molar-refractivity contribution is 5.91. The predicted octanol–water partition coefficient (Wildman–Crippen LogP) is 3.01. The summed E-state index contributed by atoms with van der Waals surface area (Å²) in [5.74, 6) is -3.92. The van der Waals surface area contributed by atoms with E-state index in [1.807, 2.05) is 0 Å². The minimum Gasteiger partial charge on any atom is -0.423 e. The van der Waals surface area contributed by atoms with Crippen LogP contribution in [0.1, 0.15) is 44.4 Å². The Morgan fingerprint density at radius 3 is 1.75 bits per heavy atom. The second kappa shape index (κ2) is 8.14. The second-order valence-electron chi connectivity index (χ2n) is 7.22. The van der Waals surface area contributed by atoms with Crippen molar-refractivity contribution < 1.29 is 18.3 Å². The van der Waals surface area contributed by atoms with Gasteiger partial charge in [-0.05, 0) is 43.7 Å². The van der Waals surface area contributed by atoms with Crippen molar-refractivity contribution in [2.24, 2.45) is 0 Å². The number of benzene rings is 2. The fourth-order valence-corrected chi connectivity index (χ4v) is 3.66. The molecule has 4 rings (SSSR count). The molecular formula is C22H18F2N4O4. The molecule has 0 saturated carbocycles. The number of carbonyl (C=O) groups excluding carboxylic acids is 1. The van der Waals surface area contributed by atoms with E-state index in [-0.39, 0.29) is 16.9 Å². The van der Waals surface area contributed by atoms with E-state index in [9.17, 15) is 23.2 Å². The first-order chi connectivity index (χ1) is 15.3. The molecule has 0 bridgehead atoms. The first kappa shape index (κ1) is 21.0. The first-order valence-electron chi connectivity index (χ1n) is 9.58. The van der Waals surface area contributed by atoms with E-state index in [0.717, 1.165) is 18.2 Å². The van der Waals surface area contributed by atoms with Gasteiger partial charge in [0.1, 0.15) is 22.9 Å². The van der Waals surface area contributed by atoms with Gasteiger partial charge in [-0.3, -0.25) is 19.8 Å². The Balaban J connectivity index is 1.71. The summed E-state index contributed by atoms with van der Waals surface area (Å²) in [6, 6.07) is 9.05. The van der Waals surface area contributed by atoms with Gasteiger partial charge in [0.2, 0.25) is 0 Å². The lowest BCUT2D eigenvalue weighted by atomic mass is 9.85. The molecule has 0 fully saturated rings. The zero-order valence-electron chi connectivity index (χ0n) is 17.0. The first-order valence-corrected chi connectivity index (χ1v) is 9.58. The van der Waals surface area contributed by atoms with E-state index < -0.39 is 29.1 Å². The summed E-state index contributed by atoms with van der Waals surface area (Å²) >= 11 is 0. The van der Waals surface area contributed by atoms with Gasteiger partial charge in [0.25, 0.3) is 11.1 Å². The fraction of sp³-hybridized carbons (Fsp3) is 0.136. The van der Waals surface area contributed by atoms with Crippen LogP contribution in [0.3, 0.4) is 0 Å². The van der Waals surface area contributed by atoms with Crippen LogP contribution >= 0.6 is 0 Å². The van der Waals surface area contributed by atoms with Crippen LogP contribution < -0.4 is 15.9 Å². The zero-order valence-corrected chi connectivity index (χ0v) is 17.0. The Morgan fingerprint density at radius 2 is 1.31 bits per heavy atom. The van der Waals surface area contributed by atoms with Crippen molar-refractivity contribution in [1.82, 2.24) is 20.4 Å². The van der Waals surface area contributed by atoms with E-state index in [0.29, 0.717) is 28.1 Å². The number of hydrogen-bond acceptors (Lipinski definition) is 4. The SMILES string of the molecule is Cc1[nH][nH]c(=O)c1C(c1ccc(OC(=O)c2c(F)cccc2F)cc1)c1c(C)[nH][nH]c1=O. The Bertz CT molecular complexity index is 1340. The molecule has 8 nitrogen and oxygen atoms in total. The highest BCUT2D eigenvalue weighted by Crippen LogP contribution is 2.32. The third-order valence-corrected chi connectivity index (χ3v) is 5.19. The Kier molecular flexibility index (Phi) is 5.35. The third kappa shape index (κ3) is 3.66. The Hall–Kier alpha value is -4.21. The van der Waals surface area contributed by atoms with Crippen LogP contribution in [-0.4, -0.2) is 26.4 Å².